The summed E-state index contributed by atoms with van der Waals surface area (Å²) in [5.41, 5.74) is 3.85. The molecule has 1 N–H and O–H groups in total. The topological polar surface area (TPSA) is 59.9 Å². The molecule has 1 heterocycles. The zero-order chi connectivity index (χ0) is 16.8. The zero-order valence-corrected chi connectivity index (χ0v) is 14.3. The van der Waals surface area contributed by atoms with Crippen molar-refractivity contribution in [1.29, 1.82) is 0 Å². The van der Waals surface area contributed by atoms with Crippen molar-refractivity contribution in [3.63, 3.8) is 0 Å². The van der Waals surface area contributed by atoms with Crippen LogP contribution in [-0.2, 0) is 11.2 Å². The van der Waals surface area contributed by atoms with E-state index in [4.69, 9.17) is 9.47 Å². The molecule has 0 saturated heterocycles. The summed E-state index contributed by atoms with van der Waals surface area (Å²) in [6.45, 7) is 2.38. The van der Waals surface area contributed by atoms with Crippen LogP contribution in [0.5, 0.6) is 11.5 Å². The second-order valence-electron chi connectivity index (χ2n) is 6.89. The molecule has 0 aromatic heterocycles. The predicted octanol–water partition coefficient (Wildman–Crippen LogP) is 3.67. The van der Waals surface area contributed by atoms with Crippen molar-refractivity contribution in [2.24, 2.45) is 16.9 Å². The smallest absolute Gasteiger partial charge is 0.240 e. The monoisotopic (exact) mass is 330 g/mol. The maximum absolute atomic E-state index is 11.9. The fourth-order valence-electron chi connectivity index (χ4n) is 3.43. The van der Waals surface area contributed by atoms with Crippen LogP contribution < -0.4 is 14.9 Å². The first kappa shape index (κ1) is 16.8. The lowest BCUT2D eigenvalue weighted by Gasteiger charge is -2.20. The normalized spacial score (nSPS) is 18.7. The molecule has 0 radical (unpaired) electrons. The SMILES string of the molecule is CC(/C=N/NC(=O)CC1CCCCC1)Cc1ccc2c(c1)OCO2. The van der Waals surface area contributed by atoms with Crippen molar-refractivity contribution >= 4 is 12.1 Å². The summed E-state index contributed by atoms with van der Waals surface area (Å²) in [4.78, 5) is 11.9. The standard InChI is InChI=1S/C19H26N2O3/c1-14(9-16-7-8-17-18(10-16)24-13-23-17)12-20-21-19(22)11-15-5-3-2-4-6-15/h7-8,10,12,14-15H,2-6,9,11,13H2,1H3,(H,21,22)/b20-12+. The van der Waals surface area contributed by atoms with E-state index in [1.165, 1.54) is 37.7 Å². The number of fused-ring (bicyclic) bond motifs is 1. The molecule has 1 aromatic carbocycles. The molecule has 130 valence electrons. The van der Waals surface area contributed by atoms with Crippen molar-refractivity contribution in [2.45, 2.75) is 51.9 Å². The first-order chi connectivity index (χ1) is 11.7. The Hall–Kier alpha value is -2.04. The van der Waals surface area contributed by atoms with E-state index in [-0.39, 0.29) is 11.8 Å². The Morgan fingerprint density at radius 2 is 2.08 bits per heavy atom. The second-order valence-corrected chi connectivity index (χ2v) is 6.89. The number of amides is 1. The Labute approximate surface area is 143 Å². The van der Waals surface area contributed by atoms with E-state index in [1.54, 1.807) is 0 Å². The molecule has 24 heavy (non-hydrogen) atoms. The number of nitrogens with zero attached hydrogens (tertiary/aromatic N) is 1. The molecule has 1 aliphatic heterocycles. The molecule has 5 nitrogen and oxygen atoms in total. The van der Waals surface area contributed by atoms with Crippen LogP contribution in [0.1, 0.15) is 51.0 Å². The number of hydrazone groups is 1. The van der Waals surface area contributed by atoms with Crippen LogP contribution >= 0.6 is 0 Å². The van der Waals surface area contributed by atoms with Crippen molar-refractivity contribution in [1.82, 2.24) is 5.43 Å². The lowest BCUT2D eigenvalue weighted by Crippen LogP contribution is -2.22. The van der Waals surface area contributed by atoms with E-state index in [0.29, 0.717) is 19.1 Å². The Morgan fingerprint density at radius 1 is 1.29 bits per heavy atom. The summed E-state index contributed by atoms with van der Waals surface area (Å²) < 4.78 is 10.7. The molecule has 5 heteroatoms. The van der Waals surface area contributed by atoms with Gasteiger partial charge in [0.25, 0.3) is 0 Å². The Bertz CT molecular complexity index is 594. The highest BCUT2D eigenvalue weighted by atomic mass is 16.7. The maximum atomic E-state index is 11.9. The Morgan fingerprint density at radius 3 is 2.92 bits per heavy atom. The molecule has 1 amide bonds. The average molecular weight is 330 g/mol. The first-order valence-electron chi connectivity index (χ1n) is 8.91. The number of carbonyl (C=O) groups is 1. The number of carbonyl (C=O) groups excluding carboxylic acids is 1. The lowest BCUT2D eigenvalue weighted by molar-refractivity contribution is -0.122. The molecular weight excluding hydrogens is 304 g/mol. The lowest BCUT2D eigenvalue weighted by atomic mass is 9.87. The molecule has 3 rings (SSSR count). The van der Waals surface area contributed by atoms with Crippen molar-refractivity contribution < 1.29 is 14.3 Å². The number of nitrogens with one attached hydrogen (secondary N) is 1. The summed E-state index contributed by atoms with van der Waals surface area (Å²) in [6, 6.07) is 5.99. The molecule has 1 fully saturated rings. The summed E-state index contributed by atoms with van der Waals surface area (Å²) in [5, 5.41) is 4.12. The third-order valence-electron chi connectivity index (χ3n) is 4.71. The minimum absolute atomic E-state index is 0.0356. The summed E-state index contributed by atoms with van der Waals surface area (Å²) in [5.74, 6) is 2.42. The van der Waals surface area contributed by atoms with Gasteiger partial charge < -0.3 is 9.47 Å². The predicted molar refractivity (Wildman–Crippen MR) is 93.3 cm³/mol. The van der Waals surface area contributed by atoms with E-state index in [0.717, 1.165) is 17.9 Å². The van der Waals surface area contributed by atoms with Gasteiger partial charge in [0, 0.05) is 12.6 Å². The minimum atomic E-state index is 0.0356. The highest BCUT2D eigenvalue weighted by Gasteiger charge is 2.17. The summed E-state index contributed by atoms with van der Waals surface area (Å²) in [7, 11) is 0. The Kier molecular flexibility index (Phi) is 5.72. The molecule has 1 atom stereocenters. The van der Waals surface area contributed by atoms with Crippen molar-refractivity contribution in [3.05, 3.63) is 23.8 Å². The zero-order valence-electron chi connectivity index (χ0n) is 14.3. The van der Waals surface area contributed by atoms with Crippen LogP contribution in [0.15, 0.2) is 23.3 Å². The van der Waals surface area contributed by atoms with Gasteiger partial charge in [-0.05, 0) is 48.8 Å². The largest absolute Gasteiger partial charge is 0.454 e. The second kappa shape index (κ2) is 8.18. The van der Waals surface area contributed by atoms with Crippen LogP contribution in [0, 0.1) is 11.8 Å². The Balaban J connectivity index is 1.41. The number of benzene rings is 1. The molecule has 1 aliphatic carbocycles. The van der Waals surface area contributed by atoms with Crippen LogP contribution in [0.2, 0.25) is 0 Å². The summed E-state index contributed by atoms with van der Waals surface area (Å²) in [6.07, 6.45) is 9.44. The van der Waals surface area contributed by atoms with Gasteiger partial charge in [-0.1, -0.05) is 32.3 Å². The van der Waals surface area contributed by atoms with Gasteiger partial charge in [-0.25, -0.2) is 5.43 Å². The number of hydrogen-bond acceptors (Lipinski definition) is 4. The molecule has 2 aliphatic rings. The minimum Gasteiger partial charge on any atom is -0.454 e. The van der Waals surface area contributed by atoms with Gasteiger partial charge in [0.2, 0.25) is 12.7 Å². The number of ether oxygens (including phenoxy) is 2. The van der Waals surface area contributed by atoms with Crippen LogP contribution in [-0.4, -0.2) is 18.9 Å². The fourth-order valence-corrected chi connectivity index (χ4v) is 3.43. The average Bonchev–Trinajstić information content (AvgIpc) is 3.03. The van der Waals surface area contributed by atoms with Gasteiger partial charge in [-0.3, -0.25) is 4.79 Å². The number of rotatable bonds is 6. The quantitative estimate of drug-likeness (QED) is 0.639. The highest BCUT2D eigenvalue weighted by molar-refractivity contribution is 5.77. The van der Waals surface area contributed by atoms with E-state index in [2.05, 4.69) is 17.5 Å². The van der Waals surface area contributed by atoms with Gasteiger partial charge in [0.05, 0.1) is 0 Å². The van der Waals surface area contributed by atoms with Gasteiger partial charge >= 0.3 is 0 Å². The van der Waals surface area contributed by atoms with E-state index in [1.807, 2.05) is 24.4 Å². The van der Waals surface area contributed by atoms with Crippen LogP contribution in [0.25, 0.3) is 0 Å². The van der Waals surface area contributed by atoms with E-state index < -0.39 is 0 Å². The first-order valence-corrected chi connectivity index (χ1v) is 8.91. The third kappa shape index (κ3) is 4.73. The van der Waals surface area contributed by atoms with Gasteiger partial charge in [0.1, 0.15) is 0 Å². The molecule has 1 saturated carbocycles. The highest BCUT2D eigenvalue weighted by Crippen LogP contribution is 2.33. The molecular formula is C19H26N2O3. The fraction of sp³-hybridized carbons (Fsp3) is 0.579. The van der Waals surface area contributed by atoms with Crippen molar-refractivity contribution in [2.75, 3.05) is 6.79 Å². The van der Waals surface area contributed by atoms with E-state index in [9.17, 15) is 4.79 Å². The number of hydrogen-bond donors (Lipinski definition) is 1. The van der Waals surface area contributed by atoms with E-state index >= 15 is 0 Å². The molecule has 1 aromatic rings. The van der Waals surface area contributed by atoms with Gasteiger partial charge in [-0.15, -0.1) is 0 Å². The van der Waals surface area contributed by atoms with Crippen LogP contribution in [0.3, 0.4) is 0 Å². The molecule has 0 spiro atoms. The van der Waals surface area contributed by atoms with Crippen molar-refractivity contribution in [3.8, 4) is 11.5 Å². The molecule has 0 bridgehead atoms. The summed E-state index contributed by atoms with van der Waals surface area (Å²) >= 11 is 0. The molecule has 1 unspecified atom stereocenters. The van der Waals surface area contributed by atoms with Gasteiger partial charge in [-0.2, -0.15) is 5.10 Å². The maximum Gasteiger partial charge on any atom is 0.240 e. The van der Waals surface area contributed by atoms with Crippen LogP contribution in [0.4, 0.5) is 0 Å². The van der Waals surface area contributed by atoms with Gasteiger partial charge in [0.15, 0.2) is 11.5 Å². The third-order valence-corrected chi connectivity index (χ3v) is 4.71.